The number of amides is 2. The minimum Gasteiger partial charge on any atom is -0.463 e. The lowest BCUT2D eigenvalue weighted by atomic mass is 10.0. The van der Waals surface area contributed by atoms with Gasteiger partial charge in [-0.15, -0.1) is 11.3 Å². The summed E-state index contributed by atoms with van der Waals surface area (Å²) in [4.78, 5) is 36.7. The first kappa shape index (κ1) is 19.2. The second-order valence-electron chi connectivity index (χ2n) is 5.75. The van der Waals surface area contributed by atoms with Crippen molar-refractivity contribution in [3.8, 4) is 0 Å². The molecule has 0 radical (unpaired) electrons. The molecule has 1 aliphatic rings. The van der Waals surface area contributed by atoms with Crippen LogP contribution in [0.3, 0.4) is 0 Å². The Labute approximate surface area is 164 Å². The highest BCUT2D eigenvalue weighted by Crippen LogP contribution is 2.35. The quantitative estimate of drug-likeness (QED) is 0.741. The van der Waals surface area contributed by atoms with E-state index < -0.39 is 24.0 Å². The number of carbonyl (C=O) groups excluding carboxylic acids is 3. The topological polar surface area (TPSA) is 93.7 Å². The van der Waals surface area contributed by atoms with Gasteiger partial charge in [0.05, 0.1) is 28.9 Å². The van der Waals surface area contributed by atoms with Gasteiger partial charge in [0.1, 0.15) is 11.5 Å². The summed E-state index contributed by atoms with van der Waals surface area (Å²) in [5.74, 6) is -1.21. The number of fused-ring (bicyclic) bond motifs is 1. The number of urea groups is 1. The lowest BCUT2D eigenvalue weighted by molar-refractivity contribution is -0.139. The molecule has 9 heteroatoms. The van der Waals surface area contributed by atoms with Gasteiger partial charge in [0.2, 0.25) is 0 Å². The van der Waals surface area contributed by atoms with Crippen molar-refractivity contribution < 1.29 is 23.9 Å². The van der Waals surface area contributed by atoms with Crippen LogP contribution in [0.1, 0.15) is 23.5 Å². The summed E-state index contributed by atoms with van der Waals surface area (Å²) in [5.41, 5.74) is 0.405. The molecule has 3 rings (SSSR count). The highest BCUT2D eigenvalue weighted by molar-refractivity contribution is 7.21. The van der Waals surface area contributed by atoms with Crippen molar-refractivity contribution in [3.05, 3.63) is 45.4 Å². The molecule has 2 aromatic rings. The molecular weight excluding hydrogens is 392 g/mol. The zero-order valence-corrected chi connectivity index (χ0v) is 16.2. The van der Waals surface area contributed by atoms with Crippen LogP contribution < -0.4 is 10.6 Å². The molecule has 7 nitrogen and oxygen atoms in total. The molecular formula is C18H17ClN2O5S. The maximum atomic E-state index is 12.5. The number of hydrogen-bond donors (Lipinski definition) is 2. The van der Waals surface area contributed by atoms with Gasteiger partial charge in [-0.2, -0.15) is 0 Å². The van der Waals surface area contributed by atoms with E-state index in [2.05, 4.69) is 10.6 Å². The average molecular weight is 409 g/mol. The van der Waals surface area contributed by atoms with Crippen LogP contribution in [0.25, 0.3) is 10.1 Å². The summed E-state index contributed by atoms with van der Waals surface area (Å²) < 4.78 is 11.2. The largest absolute Gasteiger partial charge is 0.463 e. The van der Waals surface area contributed by atoms with Crippen molar-refractivity contribution in [3.63, 3.8) is 0 Å². The minimum absolute atomic E-state index is 0.188. The van der Waals surface area contributed by atoms with Crippen LogP contribution in [0.15, 0.2) is 35.5 Å². The van der Waals surface area contributed by atoms with E-state index in [1.807, 2.05) is 24.3 Å². The molecule has 1 aromatic heterocycles. The number of thiophene rings is 1. The molecule has 0 saturated carbocycles. The lowest BCUT2D eigenvalue weighted by Crippen LogP contribution is -2.50. The molecule has 27 heavy (non-hydrogen) atoms. The van der Waals surface area contributed by atoms with Crippen molar-refractivity contribution in [1.82, 2.24) is 10.6 Å². The van der Waals surface area contributed by atoms with Gasteiger partial charge in [-0.05, 0) is 19.9 Å². The molecule has 0 bridgehead atoms. The second kappa shape index (κ2) is 7.98. The average Bonchev–Trinajstić information content (AvgIpc) is 2.96. The van der Waals surface area contributed by atoms with Gasteiger partial charge in [0, 0.05) is 10.1 Å². The Morgan fingerprint density at radius 3 is 2.67 bits per heavy atom. The smallest absolute Gasteiger partial charge is 0.350 e. The van der Waals surface area contributed by atoms with Crippen LogP contribution in [0.2, 0.25) is 5.02 Å². The molecule has 0 unspecified atom stereocenters. The molecule has 0 spiro atoms. The van der Waals surface area contributed by atoms with Crippen LogP contribution in [0, 0.1) is 0 Å². The lowest BCUT2D eigenvalue weighted by Gasteiger charge is -2.26. The number of hydrogen-bond acceptors (Lipinski definition) is 6. The first-order valence-corrected chi connectivity index (χ1v) is 9.43. The highest BCUT2D eigenvalue weighted by Gasteiger charge is 2.30. The standard InChI is InChI=1S/C18H17ClN2O5S/c1-3-25-16(22)13-9(2)20-18(24)21-11(13)8-26-17(23)15-14(19)10-6-4-5-7-12(10)27-15/h4-7,9H,3,8H2,1-2H3,(H2,20,21,24)/t9-/m0/s1. The molecule has 1 atom stereocenters. The molecule has 2 amide bonds. The first-order chi connectivity index (χ1) is 12.9. The summed E-state index contributed by atoms with van der Waals surface area (Å²) in [6.07, 6.45) is 0. The van der Waals surface area contributed by atoms with E-state index in [-0.39, 0.29) is 29.4 Å². The zero-order chi connectivity index (χ0) is 19.6. The number of carbonyl (C=O) groups is 3. The van der Waals surface area contributed by atoms with E-state index in [1.165, 1.54) is 11.3 Å². The Bertz CT molecular complexity index is 952. The number of esters is 2. The number of halogens is 1. The van der Waals surface area contributed by atoms with Gasteiger partial charge in [-0.1, -0.05) is 29.8 Å². The Morgan fingerprint density at radius 2 is 1.96 bits per heavy atom. The third-order valence-electron chi connectivity index (χ3n) is 3.93. The normalized spacial score (nSPS) is 16.7. The Hall–Kier alpha value is -2.58. The molecule has 0 fully saturated rings. The van der Waals surface area contributed by atoms with E-state index >= 15 is 0 Å². The van der Waals surface area contributed by atoms with Crippen molar-refractivity contribution in [2.45, 2.75) is 19.9 Å². The van der Waals surface area contributed by atoms with Crippen LogP contribution in [0.4, 0.5) is 4.79 Å². The van der Waals surface area contributed by atoms with Crippen LogP contribution in [-0.2, 0) is 14.3 Å². The molecule has 0 aliphatic carbocycles. The highest BCUT2D eigenvalue weighted by atomic mass is 35.5. The summed E-state index contributed by atoms with van der Waals surface area (Å²) in [6, 6.07) is 6.31. The number of nitrogens with one attached hydrogen (secondary N) is 2. The first-order valence-electron chi connectivity index (χ1n) is 8.24. The minimum atomic E-state index is -0.627. The van der Waals surface area contributed by atoms with E-state index in [9.17, 15) is 14.4 Å². The van der Waals surface area contributed by atoms with E-state index in [0.717, 1.165) is 10.1 Å². The van der Waals surface area contributed by atoms with E-state index in [1.54, 1.807) is 13.8 Å². The van der Waals surface area contributed by atoms with Gasteiger partial charge in [0.15, 0.2) is 0 Å². The van der Waals surface area contributed by atoms with E-state index in [4.69, 9.17) is 21.1 Å². The summed E-state index contributed by atoms with van der Waals surface area (Å²) in [7, 11) is 0. The zero-order valence-electron chi connectivity index (χ0n) is 14.6. The Balaban J connectivity index is 1.82. The van der Waals surface area contributed by atoms with Crippen LogP contribution in [0.5, 0.6) is 0 Å². The van der Waals surface area contributed by atoms with Gasteiger partial charge in [-0.3, -0.25) is 0 Å². The van der Waals surface area contributed by atoms with Crippen molar-refractivity contribution in [2.75, 3.05) is 13.2 Å². The number of ether oxygens (including phenoxy) is 2. The SMILES string of the molecule is CCOC(=O)C1=C(COC(=O)c2sc3ccccc3c2Cl)NC(=O)N[C@H]1C. The summed E-state index contributed by atoms with van der Waals surface area (Å²) >= 11 is 7.51. The number of rotatable bonds is 5. The molecule has 0 saturated heterocycles. The fourth-order valence-electron chi connectivity index (χ4n) is 2.74. The van der Waals surface area contributed by atoms with Crippen molar-refractivity contribution >= 4 is 51.0 Å². The molecule has 142 valence electrons. The predicted octanol–water partition coefficient (Wildman–Crippen LogP) is 3.23. The predicted molar refractivity (Wildman–Crippen MR) is 102 cm³/mol. The van der Waals surface area contributed by atoms with Crippen LogP contribution >= 0.6 is 22.9 Å². The van der Waals surface area contributed by atoms with Gasteiger partial charge >= 0.3 is 18.0 Å². The van der Waals surface area contributed by atoms with Gasteiger partial charge < -0.3 is 20.1 Å². The molecule has 1 aromatic carbocycles. The van der Waals surface area contributed by atoms with Crippen molar-refractivity contribution in [2.24, 2.45) is 0 Å². The van der Waals surface area contributed by atoms with Crippen LogP contribution in [-0.4, -0.2) is 37.2 Å². The Kier molecular flexibility index (Phi) is 5.67. The second-order valence-corrected chi connectivity index (χ2v) is 7.18. The summed E-state index contributed by atoms with van der Waals surface area (Å²) in [6.45, 7) is 3.24. The third kappa shape index (κ3) is 3.91. The monoisotopic (exact) mass is 408 g/mol. The summed E-state index contributed by atoms with van der Waals surface area (Å²) in [5, 5.41) is 6.17. The molecule has 2 heterocycles. The maximum Gasteiger partial charge on any atom is 0.350 e. The van der Waals surface area contributed by atoms with Gasteiger partial charge in [-0.25, -0.2) is 14.4 Å². The Morgan fingerprint density at radius 1 is 1.22 bits per heavy atom. The third-order valence-corrected chi connectivity index (χ3v) is 5.59. The van der Waals surface area contributed by atoms with Gasteiger partial charge in [0.25, 0.3) is 0 Å². The molecule has 1 aliphatic heterocycles. The van der Waals surface area contributed by atoms with Crippen molar-refractivity contribution in [1.29, 1.82) is 0 Å². The maximum absolute atomic E-state index is 12.5. The fraction of sp³-hybridized carbons (Fsp3) is 0.278. The molecule has 2 N–H and O–H groups in total. The number of benzene rings is 1. The fourth-order valence-corrected chi connectivity index (χ4v) is 4.14. The van der Waals surface area contributed by atoms with E-state index in [0.29, 0.717) is 5.02 Å².